The molecule has 0 unspecified atom stereocenters. The molecule has 4 heteroatoms. The third kappa shape index (κ3) is 2.74. The fourth-order valence-electron chi connectivity index (χ4n) is 0.829. The minimum Gasteiger partial charge on any atom is -0.451 e. The second kappa shape index (κ2) is 4.54. The molecule has 0 atom stereocenters. The van der Waals surface area contributed by atoms with Crippen LogP contribution < -0.4 is 5.32 Å². The lowest BCUT2D eigenvalue weighted by Gasteiger charge is -1.99. The van der Waals surface area contributed by atoms with E-state index in [2.05, 4.69) is 10.3 Å². The maximum absolute atomic E-state index is 11.0. The van der Waals surface area contributed by atoms with Crippen molar-refractivity contribution in [1.82, 2.24) is 10.3 Å². The molecule has 0 aliphatic carbocycles. The normalized spacial score (nSPS) is 9.75. The SMILES string of the molecule is CCCC(=O)NCc1cocn1. The Bertz CT molecular complexity index is 231. The first-order chi connectivity index (χ1) is 5.83. The van der Waals surface area contributed by atoms with Crippen LogP contribution in [0.2, 0.25) is 0 Å². The highest BCUT2D eigenvalue weighted by atomic mass is 16.3. The predicted octanol–water partition coefficient (Wildman–Crippen LogP) is 1.09. The average molecular weight is 168 g/mol. The smallest absolute Gasteiger partial charge is 0.220 e. The second-order valence-corrected chi connectivity index (χ2v) is 2.51. The molecule has 1 heterocycles. The maximum Gasteiger partial charge on any atom is 0.220 e. The first-order valence-electron chi connectivity index (χ1n) is 3.96. The first-order valence-corrected chi connectivity index (χ1v) is 3.96. The molecular weight excluding hydrogens is 156 g/mol. The summed E-state index contributed by atoms with van der Waals surface area (Å²) in [6, 6.07) is 0. The monoisotopic (exact) mass is 168 g/mol. The molecule has 1 aromatic rings. The van der Waals surface area contributed by atoms with Crippen LogP contribution in [0.3, 0.4) is 0 Å². The fourth-order valence-corrected chi connectivity index (χ4v) is 0.829. The van der Waals surface area contributed by atoms with Crippen molar-refractivity contribution in [3.63, 3.8) is 0 Å². The summed E-state index contributed by atoms with van der Waals surface area (Å²) in [5.74, 6) is 0.0560. The molecule has 0 radical (unpaired) electrons. The Kier molecular flexibility index (Phi) is 3.32. The van der Waals surface area contributed by atoms with Crippen molar-refractivity contribution in [2.75, 3.05) is 0 Å². The Morgan fingerprint density at radius 3 is 3.17 bits per heavy atom. The van der Waals surface area contributed by atoms with Crippen LogP contribution in [0.25, 0.3) is 0 Å². The summed E-state index contributed by atoms with van der Waals surface area (Å²) in [6.07, 6.45) is 4.30. The van der Waals surface area contributed by atoms with Gasteiger partial charge in [-0.1, -0.05) is 6.92 Å². The first kappa shape index (κ1) is 8.77. The van der Waals surface area contributed by atoms with E-state index in [-0.39, 0.29) is 5.91 Å². The van der Waals surface area contributed by atoms with Crippen LogP contribution in [0, 0.1) is 0 Å². The number of aromatic nitrogens is 1. The zero-order valence-corrected chi connectivity index (χ0v) is 7.04. The third-order valence-electron chi connectivity index (χ3n) is 1.43. The van der Waals surface area contributed by atoms with Gasteiger partial charge in [-0.3, -0.25) is 4.79 Å². The topological polar surface area (TPSA) is 55.1 Å². The molecule has 0 aromatic carbocycles. The molecule has 0 fully saturated rings. The number of amides is 1. The van der Waals surface area contributed by atoms with E-state index in [1.807, 2.05) is 6.92 Å². The van der Waals surface area contributed by atoms with Gasteiger partial charge >= 0.3 is 0 Å². The largest absolute Gasteiger partial charge is 0.451 e. The van der Waals surface area contributed by atoms with Crippen molar-refractivity contribution in [3.05, 3.63) is 18.4 Å². The summed E-state index contributed by atoms with van der Waals surface area (Å²) in [4.78, 5) is 14.8. The van der Waals surface area contributed by atoms with Crippen LogP contribution in [0.1, 0.15) is 25.5 Å². The third-order valence-corrected chi connectivity index (χ3v) is 1.43. The molecular formula is C8H12N2O2. The zero-order chi connectivity index (χ0) is 8.81. The lowest BCUT2D eigenvalue weighted by Crippen LogP contribution is -2.22. The van der Waals surface area contributed by atoms with Crippen LogP contribution in [-0.2, 0) is 11.3 Å². The van der Waals surface area contributed by atoms with Gasteiger partial charge in [0, 0.05) is 6.42 Å². The Balaban J connectivity index is 2.22. The lowest BCUT2D eigenvalue weighted by molar-refractivity contribution is -0.121. The Labute approximate surface area is 71.0 Å². The quantitative estimate of drug-likeness (QED) is 0.732. The highest BCUT2D eigenvalue weighted by Gasteiger charge is 2.00. The summed E-state index contributed by atoms with van der Waals surface area (Å²) in [5.41, 5.74) is 0.749. The Morgan fingerprint density at radius 1 is 1.75 bits per heavy atom. The van der Waals surface area contributed by atoms with Crippen LogP contribution in [0.5, 0.6) is 0 Å². The van der Waals surface area contributed by atoms with Gasteiger partial charge in [0.2, 0.25) is 5.91 Å². The number of nitrogens with one attached hydrogen (secondary N) is 1. The molecule has 0 aliphatic rings. The molecule has 0 spiro atoms. The molecule has 0 aliphatic heterocycles. The number of hydrogen-bond donors (Lipinski definition) is 1. The standard InChI is InChI=1S/C8H12N2O2/c1-2-3-8(11)9-4-7-5-12-6-10-7/h5-6H,2-4H2,1H3,(H,9,11). The van der Waals surface area contributed by atoms with Crippen molar-refractivity contribution in [2.24, 2.45) is 0 Å². The van der Waals surface area contributed by atoms with Gasteiger partial charge in [0.1, 0.15) is 6.26 Å². The molecule has 66 valence electrons. The zero-order valence-electron chi connectivity index (χ0n) is 7.04. The summed E-state index contributed by atoms with van der Waals surface area (Å²) in [5, 5.41) is 2.72. The summed E-state index contributed by atoms with van der Waals surface area (Å²) >= 11 is 0. The van der Waals surface area contributed by atoms with Crippen LogP contribution in [0.4, 0.5) is 0 Å². The second-order valence-electron chi connectivity index (χ2n) is 2.51. The number of nitrogens with zero attached hydrogens (tertiary/aromatic N) is 1. The number of oxazole rings is 1. The molecule has 1 amide bonds. The van der Waals surface area contributed by atoms with Crippen molar-refractivity contribution in [2.45, 2.75) is 26.3 Å². The predicted molar refractivity (Wildman–Crippen MR) is 43.3 cm³/mol. The number of hydrogen-bond acceptors (Lipinski definition) is 3. The van der Waals surface area contributed by atoms with Gasteiger partial charge in [-0.05, 0) is 6.42 Å². The van der Waals surface area contributed by atoms with E-state index in [4.69, 9.17) is 4.42 Å². The van der Waals surface area contributed by atoms with Crippen molar-refractivity contribution in [3.8, 4) is 0 Å². The van der Waals surface area contributed by atoms with Gasteiger partial charge in [0.05, 0.1) is 12.2 Å². The lowest BCUT2D eigenvalue weighted by atomic mass is 10.3. The molecule has 4 nitrogen and oxygen atoms in total. The highest BCUT2D eigenvalue weighted by molar-refractivity contribution is 5.75. The van der Waals surface area contributed by atoms with E-state index >= 15 is 0 Å². The van der Waals surface area contributed by atoms with Crippen molar-refractivity contribution < 1.29 is 9.21 Å². The van der Waals surface area contributed by atoms with E-state index in [1.54, 1.807) is 0 Å². The minimum atomic E-state index is 0.0560. The Morgan fingerprint density at radius 2 is 2.58 bits per heavy atom. The van der Waals surface area contributed by atoms with Gasteiger partial charge in [-0.2, -0.15) is 0 Å². The van der Waals surface area contributed by atoms with Gasteiger partial charge in [0.25, 0.3) is 0 Å². The van der Waals surface area contributed by atoms with Crippen LogP contribution in [-0.4, -0.2) is 10.9 Å². The van der Waals surface area contributed by atoms with Crippen LogP contribution >= 0.6 is 0 Å². The van der Waals surface area contributed by atoms with Crippen molar-refractivity contribution in [1.29, 1.82) is 0 Å². The molecule has 1 N–H and O–H groups in total. The molecule has 0 saturated carbocycles. The van der Waals surface area contributed by atoms with Crippen molar-refractivity contribution >= 4 is 5.91 Å². The maximum atomic E-state index is 11.0. The molecule has 1 aromatic heterocycles. The van der Waals surface area contributed by atoms with Gasteiger partial charge in [-0.25, -0.2) is 4.98 Å². The minimum absolute atomic E-state index is 0.0560. The van der Waals surface area contributed by atoms with Gasteiger partial charge < -0.3 is 9.73 Å². The Hall–Kier alpha value is -1.32. The molecule has 0 saturated heterocycles. The van der Waals surface area contributed by atoms with E-state index < -0.39 is 0 Å². The molecule has 12 heavy (non-hydrogen) atoms. The molecule has 0 bridgehead atoms. The van der Waals surface area contributed by atoms with E-state index in [9.17, 15) is 4.79 Å². The molecule has 1 rings (SSSR count). The summed E-state index contributed by atoms with van der Waals surface area (Å²) in [7, 11) is 0. The van der Waals surface area contributed by atoms with Crippen LogP contribution in [0.15, 0.2) is 17.1 Å². The summed E-state index contributed by atoms with van der Waals surface area (Å²) in [6.45, 7) is 2.42. The average Bonchev–Trinajstić information content (AvgIpc) is 2.53. The number of rotatable bonds is 4. The van der Waals surface area contributed by atoms with E-state index in [0.717, 1.165) is 12.1 Å². The number of carbonyl (C=O) groups excluding carboxylic acids is 1. The fraction of sp³-hybridized carbons (Fsp3) is 0.500. The van der Waals surface area contributed by atoms with Gasteiger partial charge in [0.15, 0.2) is 6.39 Å². The van der Waals surface area contributed by atoms with E-state index in [1.165, 1.54) is 12.7 Å². The number of carbonyl (C=O) groups is 1. The summed E-state index contributed by atoms with van der Waals surface area (Å²) < 4.78 is 4.74. The van der Waals surface area contributed by atoms with Gasteiger partial charge in [-0.15, -0.1) is 0 Å². The van der Waals surface area contributed by atoms with E-state index in [0.29, 0.717) is 13.0 Å². The highest BCUT2D eigenvalue weighted by Crippen LogP contribution is 1.93.